The highest BCUT2D eigenvalue weighted by atomic mass is 79.9. The summed E-state index contributed by atoms with van der Waals surface area (Å²) in [5, 5.41) is 0.516. The summed E-state index contributed by atoms with van der Waals surface area (Å²) in [6, 6.07) is 5.15. The number of hydrogen-bond donors (Lipinski definition) is 0. The third-order valence-corrected chi connectivity index (χ3v) is 7.57. The van der Waals surface area contributed by atoms with E-state index in [0.29, 0.717) is 27.0 Å². The Morgan fingerprint density at radius 1 is 1.33 bits per heavy atom. The molecule has 2 fully saturated rings. The molecule has 7 heteroatoms. The van der Waals surface area contributed by atoms with Crippen LogP contribution in [0.4, 0.5) is 0 Å². The Morgan fingerprint density at radius 2 is 2.10 bits per heavy atom. The maximum atomic E-state index is 12.9. The van der Waals surface area contributed by atoms with Crippen molar-refractivity contribution in [2.24, 2.45) is 0 Å². The zero-order valence-electron chi connectivity index (χ0n) is 11.8. The van der Waals surface area contributed by atoms with Crippen molar-refractivity contribution in [3.8, 4) is 0 Å². The van der Waals surface area contributed by atoms with Gasteiger partial charge in [0.15, 0.2) is 0 Å². The molecule has 4 nitrogen and oxygen atoms in total. The first kappa shape index (κ1) is 15.7. The first-order chi connectivity index (χ1) is 9.89. The van der Waals surface area contributed by atoms with E-state index in [0.717, 1.165) is 25.9 Å². The van der Waals surface area contributed by atoms with Gasteiger partial charge >= 0.3 is 0 Å². The fourth-order valence-corrected chi connectivity index (χ4v) is 5.60. The van der Waals surface area contributed by atoms with Crippen molar-refractivity contribution in [1.82, 2.24) is 9.21 Å². The second kappa shape index (κ2) is 5.81. The van der Waals surface area contributed by atoms with Gasteiger partial charge in [-0.2, -0.15) is 4.31 Å². The minimum atomic E-state index is -3.47. The molecule has 0 amide bonds. The number of hydrogen-bond acceptors (Lipinski definition) is 3. The fraction of sp³-hybridized carbons (Fsp3) is 0.571. The number of sulfonamides is 1. The van der Waals surface area contributed by atoms with Gasteiger partial charge in [-0.25, -0.2) is 8.42 Å². The van der Waals surface area contributed by atoms with Crippen molar-refractivity contribution in [3.05, 3.63) is 27.7 Å². The molecule has 2 aliphatic rings. The predicted octanol–water partition coefficient (Wildman–Crippen LogP) is 2.96. The number of benzene rings is 1. The second-order valence-electron chi connectivity index (χ2n) is 5.79. The maximum Gasteiger partial charge on any atom is 0.243 e. The molecular formula is C14H18BrClN2O2S. The Labute approximate surface area is 139 Å². The van der Waals surface area contributed by atoms with Gasteiger partial charge < -0.3 is 0 Å². The molecule has 0 aromatic heterocycles. The molecule has 1 aromatic rings. The van der Waals surface area contributed by atoms with Crippen LogP contribution in [0, 0.1) is 0 Å². The Bertz CT molecular complexity index is 652. The summed E-state index contributed by atoms with van der Waals surface area (Å²) in [4.78, 5) is 2.71. The van der Waals surface area contributed by atoms with E-state index in [2.05, 4.69) is 20.8 Å². The van der Waals surface area contributed by atoms with Crippen LogP contribution >= 0.6 is 27.5 Å². The fourth-order valence-electron chi connectivity index (χ4n) is 3.27. The monoisotopic (exact) mass is 392 g/mol. The molecule has 3 rings (SSSR count). The van der Waals surface area contributed by atoms with Crippen molar-refractivity contribution in [2.75, 3.05) is 19.6 Å². The van der Waals surface area contributed by atoms with E-state index in [1.165, 1.54) is 0 Å². The number of piperazine rings is 1. The Kier molecular flexibility index (Phi) is 4.36. The highest BCUT2D eigenvalue weighted by molar-refractivity contribution is 9.10. The molecule has 0 N–H and O–H groups in total. The van der Waals surface area contributed by atoms with Crippen LogP contribution in [0.3, 0.4) is 0 Å². The molecule has 0 aliphatic carbocycles. The summed E-state index contributed by atoms with van der Waals surface area (Å²) in [5.41, 5.74) is 0. The standard InChI is InChI=1S/C14H18BrClN2O2S/c1-10-8-17-6-2-3-11(17)9-18(10)21(19,20)12-4-5-14(16)13(15)7-12/h4-5,7,10-11H,2-3,6,8-9H2,1H3. The van der Waals surface area contributed by atoms with Crippen molar-refractivity contribution in [3.63, 3.8) is 0 Å². The molecule has 2 unspecified atom stereocenters. The van der Waals surface area contributed by atoms with Gasteiger partial charge in [-0.15, -0.1) is 0 Å². The first-order valence-corrected chi connectivity index (χ1v) is 9.71. The first-order valence-electron chi connectivity index (χ1n) is 7.10. The van der Waals surface area contributed by atoms with Crippen molar-refractivity contribution in [1.29, 1.82) is 0 Å². The summed E-state index contributed by atoms with van der Waals surface area (Å²) in [5.74, 6) is 0. The van der Waals surface area contributed by atoms with Gasteiger partial charge in [0.2, 0.25) is 10.0 Å². The van der Waals surface area contributed by atoms with Crippen LogP contribution in [-0.4, -0.2) is 49.3 Å². The lowest BCUT2D eigenvalue weighted by Crippen LogP contribution is -2.56. The third kappa shape index (κ3) is 2.88. The SMILES string of the molecule is CC1CN2CCCC2CN1S(=O)(=O)c1ccc(Cl)c(Br)c1. The lowest BCUT2D eigenvalue weighted by molar-refractivity contribution is 0.117. The summed E-state index contributed by atoms with van der Waals surface area (Å²) in [6.45, 7) is 4.48. The number of halogens is 2. The van der Waals surface area contributed by atoms with E-state index in [1.807, 2.05) is 6.92 Å². The molecule has 2 atom stereocenters. The zero-order valence-corrected chi connectivity index (χ0v) is 15.0. The van der Waals surface area contributed by atoms with Crippen LogP contribution in [0.5, 0.6) is 0 Å². The van der Waals surface area contributed by atoms with E-state index in [9.17, 15) is 8.42 Å². The van der Waals surface area contributed by atoms with Crippen LogP contribution in [0.25, 0.3) is 0 Å². The Balaban J connectivity index is 1.91. The van der Waals surface area contributed by atoms with Gasteiger partial charge in [0.25, 0.3) is 0 Å². The average molecular weight is 394 g/mol. The third-order valence-electron chi connectivity index (χ3n) is 4.38. The average Bonchev–Trinajstić information content (AvgIpc) is 2.87. The Hall–Kier alpha value is -0.140. The minimum Gasteiger partial charge on any atom is -0.297 e. The molecular weight excluding hydrogens is 376 g/mol. The summed E-state index contributed by atoms with van der Waals surface area (Å²) in [7, 11) is -3.47. The molecule has 0 saturated carbocycles. The highest BCUT2D eigenvalue weighted by Gasteiger charge is 2.40. The van der Waals surface area contributed by atoms with Crippen LogP contribution in [0.1, 0.15) is 19.8 Å². The summed E-state index contributed by atoms with van der Waals surface area (Å²) < 4.78 is 28.0. The molecule has 2 aliphatic heterocycles. The lowest BCUT2D eigenvalue weighted by Gasteiger charge is -2.41. The second-order valence-corrected chi connectivity index (χ2v) is 8.94. The summed E-state index contributed by atoms with van der Waals surface area (Å²) in [6.07, 6.45) is 2.25. The van der Waals surface area contributed by atoms with Crippen molar-refractivity contribution >= 4 is 37.6 Å². The molecule has 0 spiro atoms. The molecule has 2 saturated heterocycles. The van der Waals surface area contributed by atoms with E-state index < -0.39 is 10.0 Å². The van der Waals surface area contributed by atoms with Gasteiger partial charge in [-0.1, -0.05) is 11.6 Å². The zero-order chi connectivity index (χ0) is 15.2. The van der Waals surface area contributed by atoms with Crippen LogP contribution in [0.2, 0.25) is 5.02 Å². The normalized spacial score (nSPS) is 27.8. The maximum absolute atomic E-state index is 12.9. The molecule has 0 radical (unpaired) electrons. The van der Waals surface area contributed by atoms with Crippen LogP contribution < -0.4 is 0 Å². The van der Waals surface area contributed by atoms with E-state index in [4.69, 9.17) is 11.6 Å². The van der Waals surface area contributed by atoms with Gasteiger partial charge in [-0.05, 0) is 60.4 Å². The lowest BCUT2D eigenvalue weighted by atomic mass is 10.1. The summed E-state index contributed by atoms with van der Waals surface area (Å²) >= 11 is 9.26. The quantitative estimate of drug-likeness (QED) is 0.775. The Morgan fingerprint density at radius 3 is 2.81 bits per heavy atom. The topological polar surface area (TPSA) is 40.6 Å². The molecule has 116 valence electrons. The molecule has 0 bridgehead atoms. The van der Waals surface area contributed by atoms with Gasteiger partial charge in [0.1, 0.15) is 0 Å². The molecule has 1 aromatic carbocycles. The molecule has 2 heterocycles. The minimum absolute atomic E-state index is 0.00111. The van der Waals surface area contributed by atoms with Gasteiger partial charge in [-0.3, -0.25) is 4.90 Å². The molecule has 21 heavy (non-hydrogen) atoms. The van der Waals surface area contributed by atoms with E-state index >= 15 is 0 Å². The van der Waals surface area contributed by atoms with Crippen LogP contribution in [0.15, 0.2) is 27.6 Å². The van der Waals surface area contributed by atoms with Crippen molar-refractivity contribution in [2.45, 2.75) is 36.7 Å². The smallest absolute Gasteiger partial charge is 0.243 e. The van der Waals surface area contributed by atoms with E-state index in [-0.39, 0.29) is 6.04 Å². The van der Waals surface area contributed by atoms with Gasteiger partial charge in [0, 0.05) is 29.6 Å². The van der Waals surface area contributed by atoms with E-state index in [1.54, 1.807) is 22.5 Å². The number of fused-ring (bicyclic) bond motifs is 1. The van der Waals surface area contributed by atoms with Gasteiger partial charge in [0.05, 0.1) is 9.92 Å². The van der Waals surface area contributed by atoms with Crippen molar-refractivity contribution < 1.29 is 8.42 Å². The van der Waals surface area contributed by atoms with Crippen LogP contribution in [-0.2, 0) is 10.0 Å². The predicted molar refractivity (Wildman–Crippen MR) is 87.1 cm³/mol. The number of nitrogens with zero attached hydrogens (tertiary/aromatic N) is 2. The number of rotatable bonds is 2. The largest absolute Gasteiger partial charge is 0.297 e. The highest BCUT2D eigenvalue weighted by Crippen LogP contribution is 2.31.